The van der Waals surface area contributed by atoms with Crippen molar-refractivity contribution in [3.63, 3.8) is 0 Å². The van der Waals surface area contributed by atoms with Gasteiger partial charge in [0.1, 0.15) is 26.4 Å². The molecule has 50 heavy (non-hydrogen) atoms. The third-order valence-electron chi connectivity index (χ3n) is 5.56. The Labute approximate surface area is 290 Å². The van der Waals surface area contributed by atoms with Gasteiger partial charge in [0.2, 0.25) is 5.91 Å². The lowest BCUT2D eigenvalue weighted by atomic mass is 10.4. The summed E-state index contributed by atoms with van der Waals surface area (Å²) in [5.41, 5.74) is 0. The number of phosphoric acid groups is 1. The zero-order valence-corrected chi connectivity index (χ0v) is 29.6. The molecule has 23 heteroatoms. The molecule has 0 bridgehead atoms. The third-order valence-corrected chi connectivity index (χ3v) is 6.51. The van der Waals surface area contributed by atoms with E-state index in [0.29, 0.717) is 0 Å². The minimum Gasteiger partial charge on any atom is -0.756 e. The number of ether oxygens (including phenoxy) is 9. The van der Waals surface area contributed by atoms with Crippen LogP contribution in [0.4, 0.5) is 9.59 Å². The maximum Gasteiger partial charge on any atom is 0.406 e. The third kappa shape index (κ3) is 30.8. The van der Waals surface area contributed by atoms with E-state index in [2.05, 4.69) is 34.5 Å². The van der Waals surface area contributed by atoms with Crippen LogP contribution in [0.15, 0.2) is 0 Å². The highest BCUT2D eigenvalue weighted by molar-refractivity contribution is 7.45. The Balaban J connectivity index is 4.42. The van der Waals surface area contributed by atoms with Gasteiger partial charge in [0.25, 0.3) is 7.82 Å². The van der Waals surface area contributed by atoms with Gasteiger partial charge >= 0.3 is 24.1 Å². The van der Waals surface area contributed by atoms with E-state index in [-0.39, 0.29) is 125 Å². The molecule has 22 nitrogen and oxygen atoms in total. The van der Waals surface area contributed by atoms with E-state index in [1.54, 1.807) is 4.90 Å². The summed E-state index contributed by atoms with van der Waals surface area (Å²) < 4.78 is 65.0. The van der Waals surface area contributed by atoms with E-state index in [9.17, 15) is 33.4 Å². The minimum absolute atomic E-state index is 0.0507. The maximum absolute atomic E-state index is 12.5. The predicted molar refractivity (Wildman–Crippen MR) is 167 cm³/mol. The first-order valence-corrected chi connectivity index (χ1v) is 16.8. The first-order valence-electron chi connectivity index (χ1n) is 15.4. The highest BCUT2D eigenvalue weighted by Gasteiger charge is 2.14. The van der Waals surface area contributed by atoms with E-state index in [1.807, 2.05) is 0 Å². The summed E-state index contributed by atoms with van der Waals surface area (Å²) in [5.74, 6) is -1.69. The normalized spacial score (nSPS) is 12.1. The number of amides is 3. The van der Waals surface area contributed by atoms with Gasteiger partial charge in [0.05, 0.1) is 80.2 Å². The number of methoxy groups -OCH3 is 2. The average molecular weight is 750 g/mol. The summed E-state index contributed by atoms with van der Waals surface area (Å²) in [6.45, 7) is 0.677. The molecule has 0 rings (SSSR count). The van der Waals surface area contributed by atoms with Crippen LogP contribution in [0.1, 0.15) is 0 Å². The van der Waals surface area contributed by atoms with E-state index in [1.165, 1.54) is 14.2 Å². The van der Waals surface area contributed by atoms with Crippen LogP contribution in [0.2, 0.25) is 0 Å². The fourth-order valence-corrected chi connectivity index (χ4v) is 3.56. The van der Waals surface area contributed by atoms with E-state index < -0.39 is 37.9 Å². The molecule has 0 aromatic rings. The van der Waals surface area contributed by atoms with Crippen molar-refractivity contribution in [2.24, 2.45) is 0 Å². The topological polar surface area (TPSA) is 266 Å². The number of nitrogens with zero attached hydrogens (tertiary/aromatic N) is 1. The highest BCUT2D eigenvalue weighted by Crippen LogP contribution is 2.36. The molecule has 0 saturated heterocycles. The van der Waals surface area contributed by atoms with Gasteiger partial charge in [-0.05, 0) is 0 Å². The molecule has 1 unspecified atom stereocenters. The first-order chi connectivity index (χ1) is 24.0. The van der Waals surface area contributed by atoms with Crippen molar-refractivity contribution >= 4 is 37.9 Å². The number of carbonyl (C=O) groups is 5. The smallest absolute Gasteiger partial charge is 0.406 e. The molecule has 0 heterocycles. The second-order valence-corrected chi connectivity index (χ2v) is 10.8. The van der Waals surface area contributed by atoms with Gasteiger partial charge in [-0.1, -0.05) is 0 Å². The summed E-state index contributed by atoms with van der Waals surface area (Å²) in [4.78, 5) is 71.1. The first kappa shape index (κ1) is 46.8. The van der Waals surface area contributed by atoms with Crippen LogP contribution in [-0.4, -0.2) is 181 Å². The number of hydrogen-bond donors (Lipinski definition) is 3. The molecule has 292 valence electrons. The Bertz CT molecular complexity index is 944. The molecular formula is C27H50N4O18P-. The number of carbonyl (C=O) groups excluding carboxylic acids is 5. The Morgan fingerprint density at radius 2 is 1.00 bits per heavy atom. The molecule has 1 atom stereocenters. The van der Waals surface area contributed by atoms with Crippen molar-refractivity contribution in [1.82, 2.24) is 20.9 Å². The quantitative estimate of drug-likeness (QED) is 0.0276. The second kappa shape index (κ2) is 31.8. The van der Waals surface area contributed by atoms with Crippen LogP contribution in [-0.2, 0) is 70.6 Å². The molecule has 0 radical (unpaired) electrons. The highest BCUT2D eigenvalue weighted by atomic mass is 31.2. The average Bonchev–Trinajstić information content (AvgIpc) is 3.09. The molecule has 3 amide bonds. The van der Waals surface area contributed by atoms with Crippen LogP contribution in [0.25, 0.3) is 0 Å². The summed E-state index contributed by atoms with van der Waals surface area (Å²) in [5, 5.41) is 7.52. The number of rotatable bonds is 32. The lowest BCUT2D eigenvalue weighted by molar-refractivity contribution is -0.223. The number of nitrogens with one attached hydrogen (secondary N) is 3. The molecule has 0 aliphatic heterocycles. The number of hydrogen-bond acceptors (Lipinski definition) is 19. The van der Waals surface area contributed by atoms with Crippen molar-refractivity contribution < 1.29 is 85.1 Å². The molecule has 0 aliphatic rings. The lowest BCUT2D eigenvalue weighted by Crippen LogP contribution is -2.41. The van der Waals surface area contributed by atoms with Crippen molar-refractivity contribution in [3.8, 4) is 0 Å². The summed E-state index contributed by atoms with van der Waals surface area (Å²) in [6, 6.07) is 0. The molecule has 0 saturated carbocycles. The summed E-state index contributed by atoms with van der Waals surface area (Å²) in [6.07, 6.45) is -1.15. The van der Waals surface area contributed by atoms with Crippen molar-refractivity contribution in [2.75, 3.05) is 146 Å². The fourth-order valence-electron chi connectivity index (χ4n) is 3.16. The van der Waals surface area contributed by atoms with Gasteiger partial charge in [-0.3, -0.25) is 14.3 Å². The van der Waals surface area contributed by atoms with Crippen LogP contribution in [0.5, 0.6) is 0 Å². The Morgan fingerprint density at radius 3 is 1.44 bits per heavy atom. The van der Waals surface area contributed by atoms with Crippen LogP contribution in [0.3, 0.4) is 0 Å². The zero-order chi connectivity index (χ0) is 37.3. The van der Waals surface area contributed by atoms with Gasteiger partial charge in [-0.2, -0.15) is 0 Å². The molecule has 0 spiro atoms. The summed E-state index contributed by atoms with van der Waals surface area (Å²) >= 11 is 0. The standard InChI is InChI=1S/C27H51N4O18P/c1-39-26(35)29-5-10-42-14-16-45-21-24(33)47-12-7-31(20-23(32)28-4-9-44-18-19-49-50(37,38)41-3)8-13-48-25(34)22-46-17-15-43-11-6-30-27(36)40-2/h4-22H2,1-3H3,(H,28,32)(H,29,35)(H,30,36)(H,37,38)/p-1. The Morgan fingerprint density at radius 1 is 0.580 bits per heavy atom. The summed E-state index contributed by atoms with van der Waals surface area (Å²) in [7, 11) is -0.882. The molecule has 0 aliphatic carbocycles. The zero-order valence-electron chi connectivity index (χ0n) is 28.7. The Kier molecular flexibility index (Phi) is 29.8. The molecule has 0 aromatic heterocycles. The molecule has 0 fully saturated rings. The van der Waals surface area contributed by atoms with Crippen molar-refractivity contribution in [3.05, 3.63) is 0 Å². The number of phosphoric ester groups is 1. The lowest BCUT2D eigenvalue weighted by Gasteiger charge is -2.21. The van der Waals surface area contributed by atoms with Crippen LogP contribution in [0, 0.1) is 0 Å². The van der Waals surface area contributed by atoms with E-state index >= 15 is 0 Å². The Hall–Kier alpha value is -3.18. The van der Waals surface area contributed by atoms with Gasteiger partial charge in [0.15, 0.2) is 0 Å². The van der Waals surface area contributed by atoms with Crippen LogP contribution >= 0.6 is 7.82 Å². The largest absolute Gasteiger partial charge is 0.756 e. The van der Waals surface area contributed by atoms with Crippen LogP contribution < -0.4 is 20.8 Å². The SMILES string of the molecule is COC(=O)NCCOCCOCC(=O)OCCN(CCOC(=O)COCCOCCNC(=O)OC)CC(=O)NCCOCCOP(=O)([O-])OC. The maximum atomic E-state index is 12.5. The van der Waals surface area contributed by atoms with Gasteiger partial charge < -0.3 is 72.5 Å². The van der Waals surface area contributed by atoms with Crippen molar-refractivity contribution in [2.45, 2.75) is 0 Å². The van der Waals surface area contributed by atoms with Gasteiger partial charge in [0, 0.05) is 39.8 Å². The minimum atomic E-state index is -4.34. The van der Waals surface area contributed by atoms with E-state index in [4.69, 9.17) is 33.2 Å². The fraction of sp³-hybridized carbons (Fsp3) is 0.815. The molecule has 0 aromatic carbocycles. The van der Waals surface area contributed by atoms with Gasteiger partial charge in [-0.15, -0.1) is 0 Å². The molecular weight excluding hydrogens is 699 g/mol. The molecule has 3 N–H and O–H groups in total. The number of alkyl carbamates (subject to hydrolysis) is 2. The second-order valence-electron chi connectivity index (χ2n) is 9.31. The number of esters is 2. The van der Waals surface area contributed by atoms with Crippen molar-refractivity contribution in [1.29, 1.82) is 0 Å². The monoisotopic (exact) mass is 749 g/mol. The van der Waals surface area contributed by atoms with E-state index in [0.717, 1.165) is 7.11 Å². The predicted octanol–water partition coefficient (Wildman–Crippen LogP) is -2.58. The van der Waals surface area contributed by atoms with Gasteiger partial charge in [-0.25, -0.2) is 19.2 Å².